The van der Waals surface area contributed by atoms with Crippen molar-refractivity contribution in [2.24, 2.45) is 4.99 Å². The van der Waals surface area contributed by atoms with Crippen LogP contribution in [-0.4, -0.2) is 51.9 Å². The molecular formula is C17H29IN4O. The Labute approximate surface area is 156 Å². The van der Waals surface area contributed by atoms with E-state index in [-0.39, 0.29) is 30.0 Å². The molecule has 1 aromatic rings. The van der Waals surface area contributed by atoms with Crippen LogP contribution in [0.4, 0.5) is 5.69 Å². The third-order valence-electron chi connectivity index (χ3n) is 4.04. The fourth-order valence-corrected chi connectivity index (χ4v) is 2.90. The highest BCUT2D eigenvalue weighted by Crippen LogP contribution is 2.28. The van der Waals surface area contributed by atoms with Gasteiger partial charge in [-0.3, -0.25) is 4.99 Å². The summed E-state index contributed by atoms with van der Waals surface area (Å²) in [6.07, 6.45) is 1.14. The van der Waals surface area contributed by atoms with Crippen LogP contribution < -0.4 is 15.5 Å². The number of methoxy groups -OCH3 is 1. The van der Waals surface area contributed by atoms with E-state index in [0.717, 1.165) is 25.5 Å². The fourth-order valence-electron chi connectivity index (χ4n) is 2.90. The maximum Gasteiger partial charge on any atom is 0.191 e. The third kappa shape index (κ3) is 5.53. The van der Waals surface area contributed by atoms with E-state index in [0.29, 0.717) is 12.6 Å². The van der Waals surface area contributed by atoms with Gasteiger partial charge in [0.2, 0.25) is 0 Å². The summed E-state index contributed by atoms with van der Waals surface area (Å²) in [7, 11) is 3.51. The van der Waals surface area contributed by atoms with Crippen LogP contribution in [-0.2, 0) is 11.2 Å². The third-order valence-corrected chi connectivity index (χ3v) is 4.04. The first-order valence-corrected chi connectivity index (χ1v) is 7.96. The Morgan fingerprint density at radius 1 is 1.35 bits per heavy atom. The normalized spacial score (nSPS) is 16.3. The molecular weight excluding hydrogens is 403 g/mol. The van der Waals surface area contributed by atoms with Crippen LogP contribution in [0, 0.1) is 0 Å². The highest BCUT2D eigenvalue weighted by atomic mass is 127. The molecule has 0 bridgehead atoms. The van der Waals surface area contributed by atoms with Crippen LogP contribution in [0.25, 0.3) is 0 Å². The maximum atomic E-state index is 5.14. The molecule has 1 aliphatic rings. The number of ether oxygens (including phenoxy) is 1. The first-order valence-electron chi connectivity index (χ1n) is 7.96. The van der Waals surface area contributed by atoms with Crippen molar-refractivity contribution in [2.45, 2.75) is 32.4 Å². The Balaban J connectivity index is 0.00000264. The molecule has 1 aliphatic heterocycles. The minimum atomic E-state index is 0. The highest BCUT2D eigenvalue weighted by Gasteiger charge is 2.22. The van der Waals surface area contributed by atoms with Gasteiger partial charge in [-0.1, -0.05) is 18.2 Å². The van der Waals surface area contributed by atoms with Crippen LogP contribution in [0.15, 0.2) is 29.3 Å². The second-order valence-electron chi connectivity index (χ2n) is 5.87. The highest BCUT2D eigenvalue weighted by molar-refractivity contribution is 14.0. The van der Waals surface area contributed by atoms with Crippen molar-refractivity contribution < 1.29 is 4.74 Å². The number of hydrogen-bond acceptors (Lipinski definition) is 3. The molecule has 130 valence electrons. The van der Waals surface area contributed by atoms with Crippen molar-refractivity contribution in [3.8, 4) is 0 Å². The molecule has 0 radical (unpaired) electrons. The van der Waals surface area contributed by atoms with E-state index >= 15 is 0 Å². The monoisotopic (exact) mass is 432 g/mol. The van der Waals surface area contributed by atoms with Gasteiger partial charge >= 0.3 is 0 Å². The zero-order chi connectivity index (χ0) is 15.9. The zero-order valence-corrected chi connectivity index (χ0v) is 16.8. The summed E-state index contributed by atoms with van der Waals surface area (Å²) < 4.78 is 5.14. The van der Waals surface area contributed by atoms with E-state index < -0.39 is 0 Å². The molecule has 0 aliphatic carbocycles. The van der Waals surface area contributed by atoms with E-state index in [1.54, 1.807) is 14.2 Å². The SMILES string of the molecule is CN=C(NCC(C)N1CCc2ccccc21)NC(C)COC.I. The Morgan fingerprint density at radius 3 is 2.78 bits per heavy atom. The van der Waals surface area contributed by atoms with Gasteiger partial charge in [-0.15, -0.1) is 24.0 Å². The van der Waals surface area contributed by atoms with Crippen molar-refractivity contribution in [2.75, 3.05) is 38.8 Å². The maximum absolute atomic E-state index is 5.14. The number of fused-ring (bicyclic) bond motifs is 1. The van der Waals surface area contributed by atoms with Crippen molar-refractivity contribution in [3.05, 3.63) is 29.8 Å². The number of halogens is 1. The zero-order valence-electron chi connectivity index (χ0n) is 14.5. The lowest BCUT2D eigenvalue weighted by molar-refractivity contribution is 0.179. The van der Waals surface area contributed by atoms with Gasteiger partial charge in [-0.25, -0.2) is 0 Å². The molecule has 5 nitrogen and oxygen atoms in total. The molecule has 0 spiro atoms. The van der Waals surface area contributed by atoms with Gasteiger partial charge in [0.25, 0.3) is 0 Å². The lowest BCUT2D eigenvalue weighted by Gasteiger charge is -2.28. The predicted molar refractivity (Wildman–Crippen MR) is 108 cm³/mol. The molecule has 23 heavy (non-hydrogen) atoms. The number of para-hydroxylation sites is 1. The van der Waals surface area contributed by atoms with Gasteiger partial charge in [-0.05, 0) is 31.9 Å². The number of rotatable bonds is 6. The minimum absolute atomic E-state index is 0. The van der Waals surface area contributed by atoms with Gasteiger partial charge in [0, 0.05) is 45.0 Å². The number of nitrogens with one attached hydrogen (secondary N) is 2. The molecule has 0 saturated heterocycles. The average molecular weight is 432 g/mol. The molecule has 2 atom stereocenters. The van der Waals surface area contributed by atoms with E-state index in [4.69, 9.17) is 4.74 Å². The standard InChI is InChI=1S/C17H28N4O.HI/c1-13(12-22-4)20-17(18-3)19-11-14(2)21-10-9-15-7-5-6-8-16(15)21;/h5-8,13-14H,9-12H2,1-4H3,(H2,18,19,20);1H. The number of guanidine groups is 1. The second kappa shape index (κ2) is 9.97. The van der Waals surface area contributed by atoms with Gasteiger partial charge in [0.15, 0.2) is 5.96 Å². The van der Waals surface area contributed by atoms with Gasteiger partial charge in [-0.2, -0.15) is 0 Å². The molecule has 1 aromatic carbocycles. The van der Waals surface area contributed by atoms with Gasteiger partial charge < -0.3 is 20.3 Å². The smallest absolute Gasteiger partial charge is 0.191 e. The quantitative estimate of drug-likeness (QED) is 0.412. The molecule has 0 saturated carbocycles. The van der Waals surface area contributed by atoms with E-state index in [9.17, 15) is 0 Å². The van der Waals surface area contributed by atoms with Gasteiger partial charge in [0.1, 0.15) is 0 Å². The Morgan fingerprint density at radius 2 is 2.09 bits per heavy atom. The molecule has 2 N–H and O–H groups in total. The van der Waals surface area contributed by atoms with Crippen LogP contribution in [0.2, 0.25) is 0 Å². The molecule has 1 heterocycles. The summed E-state index contributed by atoms with van der Waals surface area (Å²) in [6, 6.07) is 9.33. The fraction of sp³-hybridized carbons (Fsp3) is 0.588. The molecule has 2 unspecified atom stereocenters. The molecule has 0 fully saturated rings. The minimum Gasteiger partial charge on any atom is -0.383 e. The molecule has 0 amide bonds. The summed E-state index contributed by atoms with van der Waals surface area (Å²) in [5.41, 5.74) is 2.82. The largest absolute Gasteiger partial charge is 0.383 e. The first-order chi connectivity index (χ1) is 10.7. The number of hydrogen-bond donors (Lipinski definition) is 2. The Hall–Kier alpha value is -1.02. The molecule has 2 rings (SSSR count). The van der Waals surface area contributed by atoms with Crippen LogP contribution >= 0.6 is 24.0 Å². The Kier molecular flexibility index (Phi) is 8.68. The number of aliphatic imine (C=N–C) groups is 1. The lowest BCUT2D eigenvalue weighted by atomic mass is 10.2. The van der Waals surface area contributed by atoms with E-state index in [1.807, 2.05) is 0 Å². The van der Waals surface area contributed by atoms with Crippen LogP contribution in [0.5, 0.6) is 0 Å². The summed E-state index contributed by atoms with van der Waals surface area (Å²) in [6.45, 7) is 6.94. The topological polar surface area (TPSA) is 48.9 Å². The van der Waals surface area contributed by atoms with Crippen molar-refractivity contribution >= 4 is 35.6 Å². The van der Waals surface area contributed by atoms with E-state index in [1.165, 1.54) is 11.3 Å². The summed E-state index contributed by atoms with van der Waals surface area (Å²) >= 11 is 0. The summed E-state index contributed by atoms with van der Waals surface area (Å²) in [5, 5.41) is 6.74. The average Bonchev–Trinajstić information content (AvgIpc) is 2.95. The van der Waals surface area contributed by atoms with Crippen LogP contribution in [0.1, 0.15) is 19.4 Å². The number of benzene rings is 1. The molecule has 6 heteroatoms. The predicted octanol–water partition coefficient (Wildman–Crippen LogP) is 2.26. The Bertz CT molecular complexity index is 509. The van der Waals surface area contributed by atoms with Crippen molar-refractivity contribution in [3.63, 3.8) is 0 Å². The van der Waals surface area contributed by atoms with Crippen molar-refractivity contribution in [1.29, 1.82) is 0 Å². The summed E-state index contributed by atoms with van der Waals surface area (Å²) in [4.78, 5) is 6.74. The lowest BCUT2D eigenvalue weighted by Crippen LogP contribution is -2.48. The second-order valence-corrected chi connectivity index (χ2v) is 5.87. The first kappa shape index (κ1) is 20.0. The summed E-state index contributed by atoms with van der Waals surface area (Å²) in [5.74, 6) is 0.823. The van der Waals surface area contributed by atoms with Crippen LogP contribution in [0.3, 0.4) is 0 Å². The van der Waals surface area contributed by atoms with Gasteiger partial charge in [0.05, 0.1) is 6.61 Å². The number of nitrogens with zero attached hydrogens (tertiary/aromatic N) is 2. The van der Waals surface area contributed by atoms with Crippen molar-refractivity contribution in [1.82, 2.24) is 10.6 Å². The number of anilines is 1. The van der Waals surface area contributed by atoms with E-state index in [2.05, 4.69) is 58.6 Å². The molecule has 0 aromatic heterocycles.